The van der Waals surface area contributed by atoms with Gasteiger partial charge in [-0.2, -0.15) is 0 Å². The van der Waals surface area contributed by atoms with Crippen LogP contribution in [0.2, 0.25) is 0 Å². The molecule has 2 aromatic heterocycles. The Morgan fingerprint density at radius 1 is 1.13 bits per heavy atom. The minimum absolute atomic E-state index is 0.0127. The highest BCUT2D eigenvalue weighted by Gasteiger charge is 2.24. The van der Waals surface area contributed by atoms with Gasteiger partial charge in [0.1, 0.15) is 11.8 Å². The van der Waals surface area contributed by atoms with Crippen molar-refractivity contribution in [2.75, 3.05) is 25.6 Å². The van der Waals surface area contributed by atoms with Gasteiger partial charge in [0, 0.05) is 6.54 Å². The van der Waals surface area contributed by atoms with Crippen LogP contribution in [-0.4, -0.2) is 39.3 Å². The van der Waals surface area contributed by atoms with Crippen molar-refractivity contribution in [3.8, 4) is 5.75 Å². The van der Waals surface area contributed by atoms with Gasteiger partial charge >= 0.3 is 7.60 Å². The average Bonchev–Trinajstić information content (AvgIpc) is 3.14. The number of nitrogens with zero attached hydrogens (tertiary/aromatic N) is 4. The van der Waals surface area contributed by atoms with E-state index in [1.807, 2.05) is 4.57 Å². The van der Waals surface area contributed by atoms with Crippen molar-refractivity contribution in [3.63, 3.8) is 0 Å². The van der Waals surface area contributed by atoms with Crippen molar-refractivity contribution in [1.82, 2.24) is 19.5 Å². The monoisotopic (exact) mass is 451 g/mol. The third-order valence-electron chi connectivity index (χ3n) is 4.50. The molecule has 31 heavy (non-hydrogen) atoms. The highest BCUT2D eigenvalue weighted by Crippen LogP contribution is 2.51. The summed E-state index contributed by atoms with van der Waals surface area (Å²) in [5.74, 6) is -0.00491. The maximum absolute atomic E-state index is 14.4. The highest BCUT2D eigenvalue weighted by molar-refractivity contribution is 7.53. The van der Waals surface area contributed by atoms with E-state index in [4.69, 9.17) is 19.5 Å². The number of hydrogen-bond acceptors (Lipinski definition) is 8. The van der Waals surface area contributed by atoms with Gasteiger partial charge in [-0.25, -0.2) is 19.3 Å². The minimum Gasteiger partial charge on any atom is -0.491 e. The van der Waals surface area contributed by atoms with Gasteiger partial charge in [0.2, 0.25) is 0 Å². The number of aromatic nitrogens is 4. The molecule has 168 valence electrons. The number of anilines is 1. The number of rotatable bonds is 12. The van der Waals surface area contributed by atoms with E-state index in [0.29, 0.717) is 42.1 Å². The minimum atomic E-state index is -3.28. The number of aryl methyl sites for hydroxylation is 1. The largest absolute Gasteiger partial charge is 0.491 e. The molecule has 2 N–H and O–H groups in total. The summed E-state index contributed by atoms with van der Waals surface area (Å²) < 4.78 is 45.0. The Balaban J connectivity index is 1.49. The van der Waals surface area contributed by atoms with E-state index in [2.05, 4.69) is 15.0 Å². The van der Waals surface area contributed by atoms with Crippen molar-refractivity contribution in [2.24, 2.45) is 0 Å². The lowest BCUT2D eigenvalue weighted by molar-refractivity contribution is 0.219. The summed E-state index contributed by atoms with van der Waals surface area (Å²) in [5.41, 5.74) is 7.59. The molecule has 0 atom stereocenters. The highest BCUT2D eigenvalue weighted by atomic mass is 31.2. The molecule has 0 aliphatic heterocycles. The summed E-state index contributed by atoms with van der Waals surface area (Å²) in [7, 11) is -3.28. The van der Waals surface area contributed by atoms with Gasteiger partial charge in [0.25, 0.3) is 0 Å². The maximum Gasteiger partial charge on any atom is 0.335 e. The molecule has 3 aromatic rings. The van der Waals surface area contributed by atoms with Crippen LogP contribution in [0.3, 0.4) is 0 Å². The lowest BCUT2D eigenvalue weighted by atomic mass is 10.2. The molecule has 0 amide bonds. The molecule has 0 bridgehead atoms. The van der Waals surface area contributed by atoms with Crippen LogP contribution in [0.4, 0.5) is 10.2 Å². The van der Waals surface area contributed by atoms with Crippen LogP contribution < -0.4 is 10.5 Å². The van der Waals surface area contributed by atoms with E-state index in [9.17, 15) is 8.96 Å². The van der Waals surface area contributed by atoms with Crippen molar-refractivity contribution < 1.29 is 22.7 Å². The van der Waals surface area contributed by atoms with Gasteiger partial charge in [-0.1, -0.05) is 6.07 Å². The Bertz CT molecular complexity index is 1050. The first-order chi connectivity index (χ1) is 15.0. The summed E-state index contributed by atoms with van der Waals surface area (Å²) in [6, 6.07) is 4.52. The third kappa shape index (κ3) is 6.00. The summed E-state index contributed by atoms with van der Waals surface area (Å²) in [4.78, 5) is 12.4. The van der Waals surface area contributed by atoms with Crippen molar-refractivity contribution in [1.29, 1.82) is 0 Å². The Kier molecular flexibility index (Phi) is 7.95. The van der Waals surface area contributed by atoms with Gasteiger partial charge in [0.05, 0.1) is 32.3 Å². The number of nitrogens with two attached hydrogens (primary N) is 1. The van der Waals surface area contributed by atoms with E-state index in [-0.39, 0.29) is 25.1 Å². The number of benzene rings is 1. The van der Waals surface area contributed by atoms with Gasteiger partial charge in [-0.15, -0.1) is 0 Å². The van der Waals surface area contributed by atoms with Crippen LogP contribution in [-0.2, 0) is 26.3 Å². The third-order valence-corrected chi connectivity index (χ3v) is 6.56. The van der Waals surface area contributed by atoms with Gasteiger partial charge < -0.3 is 24.1 Å². The number of nitrogen functional groups attached to an aromatic ring is 1. The first-order valence-corrected chi connectivity index (χ1v) is 11.9. The molecular formula is C20H27FN5O4P. The van der Waals surface area contributed by atoms with Crippen LogP contribution in [0.1, 0.15) is 32.3 Å². The Morgan fingerprint density at radius 2 is 1.90 bits per heavy atom. The van der Waals surface area contributed by atoms with Gasteiger partial charge in [-0.3, -0.25) is 4.57 Å². The lowest BCUT2D eigenvalue weighted by Crippen LogP contribution is -2.04. The molecule has 11 heteroatoms. The molecule has 0 unspecified atom stereocenters. The fraction of sp³-hybridized carbons (Fsp3) is 0.450. The normalized spacial score (nSPS) is 11.8. The van der Waals surface area contributed by atoms with Crippen LogP contribution in [0, 0.1) is 5.82 Å². The zero-order valence-corrected chi connectivity index (χ0v) is 18.6. The number of ether oxygens (including phenoxy) is 1. The van der Waals surface area contributed by atoms with Crippen molar-refractivity contribution >= 4 is 24.6 Å². The van der Waals surface area contributed by atoms with Crippen LogP contribution >= 0.6 is 7.60 Å². The second-order valence-corrected chi connectivity index (χ2v) is 8.85. The van der Waals surface area contributed by atoms with Gasteiger partial charge in [-0.05, 0) is 44.4 Å². The molecule has 0 spiro atoms. The van der Waals surface area contributed by atoms with Gasteiger partial charge in [0.15, 0.2) is 23.0 Å². The van der Waals surface area contributed by atoms with Crippen LogP contribution in [0.5, 0.6) is 5.75 Å². The molecular weight excluding hydrogens is 424 g/mol. The molecule has 0 aliphatic carbocycles. The SMILES string of the molecule is CCOP(=O)(Cc1ccc(OCCCCn2cnc3c(N)ncnc32)c(F)c1)OCC. The Hall–Kier alpha value is -2.55. The summed E-state index contributed by atoms with van der Waals surface area (Å²) in [5, 5.41) is 0. The average molecular weight is 451 g/mol. The quantitative estimate of drug-likeness (QED) is 0.322. The molecule has 2 heterocycles. The van der Waals surface area contributed by atoms with E-state index in [1.165, 1.54) is 18.5 Å². The van der Waals surface area contributed by atoms with Crippen LogP contribution in [0.15, 0.2) is 30.9 Å². The van der Waals surface area contributed by atoms with Crippen LogP contribution in [0.25, 0.3) is 11.2 Å². The maximum atomic E-state index is 14.4. The molecule has 0 aliphatic rings. The first kappa shape index (κ1) is 23.1. The Morgan fingerprint density at radius 3 is 2.61 bits per heavy atom. The van der Waals surface area contributed by atoms with Crippen molar-refractivity contribution in [2.45, 2.75) is 39.4 Å². The zero-order valence-electron chi connectivity index (χ0n) is 17.7. The molecule has 0 saturated heterocycles. The lowest BCUT2D eigenvalue weighted by Gasteiger charge is -2.17. The second-order valence-electron chi connectivity index (χ2n) is 6.79. The summed E-state index contributed by atoms with van der Waals surface area (Å²) in [6.45, 7) is 5.04. The molecule has 0 fully saturated rings. The molecule has 9 nitrogen and oxygen atoms in total. The fourth-order valence-electron chi connectivity index (χ4n) is 3.13. The molecule has 0 radical (unpaired) electrons. The van der Waals surface area contributed by atoms with E-state index >= 15 is 0 Å². The number of hydrogen-bond donors (Lipinski definition) is 1. The van der Waals surface area contributed by atoms with E-state index < -0.39 is 13.4 Å². The number of imidazole rings is 1. The number of fused-ring (bicyclic) bond motifs is 1. The predicted octanol–water partition coefficient (Wildman–Crippen LogP) is 4.17. The molecule has 0 saturated carbocycles. The number of unbranched alkanes of at least 4 members (excludes halogenated alkanes) is 1. The predicted molar refractivity (Wildman–Crippen MR) is 115 cm³/mol. The van der Waals surface area contributed by atoms with Crippen molar-refractivity contribution in [3.05, 3.63) is 42.2 Å². The number of halogens is 1. The second kappa shape index (κ2) is 10.7. The molecule has 3 rings (SSSR count). The summed E-state index contributed by atoms with van der Waals surface area (Å²) in [6.07, 6.45) is 4.61. The smallest absolute Gasteiger partial charge is 0.335 e. The van der Waals surface area contributed by atoms with E-state index in [1.54, 1.807) is 26.2 Å². The summed E-state index contributed by atoms with van der Waals surface area (Å²) >= 11 is 0. The topological polar surface area (TPSA) is 114 Å². The Labute approximate surface area is 180 Å². The fourth-order valence-corrected chi connectivity index (χ4v) is 4.82. The first-order valence-electron chi connectivity index (χ1n) is 10.2. The standard InChI is InChI=1S/C20H27FN5O4P/c1-3-29-31(27,30-4-2)12-15-7-8-17(16(21)11-15)28-10-6-5-9-26-14-25-18-19(22)23-13-24-20(18)26/h7-8,11,13-14H,3-6,9-10,12H2,1-2H3,(H2,22,23,24). The molecule has 1 aromatic carbocycles. The van der Waals surface area contributed by atoms with E-state index in [0.717, 1.165) is 6.42 Å². The zero-order chi connectivity index (χ0) is 22.3.